The lowest BCUT2D eigenvalue weighted by molar-refractivity contribution is -0.0317. The van der Waals surface area contributed by atoms with Crippen molar-refractivity contribution in [3.8, 4) is 0 Å². The number of nitrogens with one attached hydrogen (secondary N) is 1. The second kappa shape index (κ2) is 5.88. The number of piperidine rings is 1. The Balaban J connectivity index is 1.51. The summed E-state index contributed by atoms with van der Waals surface area (Å²) in [5.74, 6) is 0.709. The predicted octanol–water partition coefficient (Wildman–Crippen LogP) is -0.893. The third-order valence-corrected chi connectivity index (χ3v) is 5.05. The molecule has 4 atom stereocenters. The Labute approximate surface area is 143 Å². The third kappa shape index (κ3) is 3.08. The van der Waals surface area contributed by atoms with E-state index in [4.69, 9.17) is 14.7 Å². The van der Waals surface area contributed by atoms with Gasteiger partial charge in [0.25, 0.3) is 0 Å². The first-order valence-electron chi connectivity index (χ1n) is 7.91. The Kier molecular flexibility index (Phi) is 3.92. The minimum atomic E-state index is -4.77. The number of aromatic nitrogens is 2. The number of hydrogen-bond donors (Lipinski definition) is 3. The van der Waals surface area contributed by atoms with Crippen LogP contribution in [0.5, 0.6) is 0 Å². The average molecular weight is 374 g/mol. The summed E-state index contributed by atoms with van der Waals surface area (Å²) in [7, 11) is -4.77. The molecule has 3 aliphatic rings. The number of hydroxylamine groups is 2. The molecule has 12 nitrogen and oxygen atoms in total. The molecule has 3 fully saturated rings. The molecule has 2 unspecified atom stereocenters. The maximum absolute atomic E-state index is 12.4. The normalized spacial score (nSPS) is 32.6. The van der Waals surface area contributed by atoms with Gasteiger partial charge in [0.05, 0.1) is 12.1 Å². The fraction of sp³-hybridized carbons (Fsp3) is 0.750. The minimum absolute atomic E-state index is 0.0297. The van der Waals surface area contributed by atoms with Crippen molar-refractivity contribution in [1.82, 2.24) is 25.5 Å². The fourth-order valence-electron chi connectivity index (χ4n) is 3.56. The summed E-state index contributed by atoms with van der Waals surface area (Å²) in [6.45, 7) is 0.920. The first-order chi connectivity index (χ1) is 11.8. The van der Waals surface area contributed by atoms with E-state index in [-0.39, 0.29) is 24.5 Å². The number of amides is 2. The summed E-state index contributed by atoms with van der Waals surface area (Å²) >= 11 is 0. The highest BCUT2D eigenvalue weighted by atomic mass is 32.3. The zero-order chi connectivity index (χ0) is 17.8. The summed E-state index contributed by atoms with van der Waals surface area (Å²) < 4.78 is 40.8. The van der Waals surface area contributed by atoms with Crippen LogP contribution in [0.15, 0.2) is 4.42 Å². The molecule has 0 spiro atoms. The molecule has 2 amide bonds. The minimum Gasteiger partial charge on any atom is -0.421 e. The van der Waals surface area contributed by atoms with Crippen molar-refractivity contribution in [3.63, 3.8) is 0 Å². The fourth-order valence-corrected chi connectivity index (χ4v) is 3.95. The monoisotopic (exact) mass is 374 g/mol. The summed E-state index contributed by atoms with van der Waals surface area (Å²) in [4.78, 5) is 13.8. The highest BCUT2D eigenvalue weighted by Crippen LogP contribution is 2.38. The van der Waals surface area contributed by atoms with Crippen LogP contribution in [0.4, 0.5) is 4.79 Å². The molecule has 3 aliphatic heterocycles. The number of hydrogen-bond acceptors (Lipinski definition) is 9. The number of fused-ring (bicyclic) bond motifs is 2. The third-order valence-electron chi connectivity index (χ3n) is 4.70. The van der Waals surface area contributed by atoms with Gasteiger partial charge in [0.2, 0.25) is 11.8 Å². The van der Waals surface area contributed by atoms with Crippen molar-refractivity contribution < 1.29 is 26.5 Å². The van der Waals surface area contributed by atoms with Crippen LogP contribution in [0.1, 0.15) is 43.1 Å². The second-order valence-electron chi connectivity index (χ2n) is 6.45. The zero-order valence-corrected chi connectivity index (χ0v) is 13.9. The summed E-state index contributed by atoms with van der Waals surface area (Å²) in [6, 6.07) is -1.66. The lowest BCUT2D eigenvalue weighted by Crippen LogP contribution is -2.35. The van der Waals surface area contributed by atoms with Gasteiger partial charge >= 0.3 is 16.4 Å². The highest BCUT2D eigenvalue weighted by Gasteiger charge is 2.49. The smallest absolute Gasteiger partial charge is 0.418 e. The molecule has 3 saturated heterocycles. The summed E-state index contributed by atoms with van der Waals surface area (Å²) in [5, 5.41) is 12.0. The molecule has 0 aromatic carbocycles. The molecule has 4 rings (SSSR count). The van der Waals surface area contributed by atoms with Crippen molar-refractivity contribution >= 4 is 16.4 Å². The number of carbonyl (C=O) groups is 1. The van der Waals surface area contributed by atoms with Gasteiger partial charge in [-0.05, 0) is 19.3 Å². The van der Waals surface area contributed by atoms with Crippen LogP contribution < -0.4 is 11.1 Å². The van der Waals surface area contributed by atoms with Crippen molar-refractivity contribution in [1.29, 1.82) is 0 Å². The Morgan fingerprint density at radius 2 is 2.08 bits per heavy atom. The molecule has 2 bridgehead atoms. The molecule has 4 heterocycles. The van der Waals surface area contributed by atoms with E-state index in [0.29, 0.717) is 36.8 Å². The number of rotatable bonds is 4. The van der Waals surface area contributed by atoms with E-state index in [1.54, 1.807) is 0 Å². The zero-order valence-electron chi connectivity index (χ0n) is 13.1. The number of nitrogens with two attached hydrogens (primary N) is 1. The van der Waals surface area contributed by atoms with Crippen LogP contribution in [0.3, 0.4) is 0 Å². The van der Waals surface area contributed by atoms with E-state index in [9.17, 15) is 13.2 Å². The van der Waals surface area contributed by atoms with Crippen LogP contribution in [-0.2, 0) is 14.7 Å². The quantitative estimate of drug-likeness (QED) is 0.563. The van der Waals surface area contributed by atoms with Crippen molar-refractivity contribution in [2.75, 3.05) is 13.1 Å². The molecule has 138 valence electrons. The lowest BCUT2D eigenvalue weighted by Gasteiger charge is -2.27. The van der Waals surface area contributed by atoms with Gasteiger partial charge in [-0.1, -0.05) is 0 Å². The van der Waals surface area contributed by atoms with Gasteiger partial charge in [0, 0.05) is 19.1 Å². The molecule has 0 saturated carbocycles. The second-order valence-corrected chi connectivity index (χ2v) is 7.45. The Morgan fingerprint density at radius 1 is 1.32 bits per heavy atom. The van der Waals surface area contributed by atoms with Crippen molar-refractivity contribution in [2.24, 2.45) is 5.73 Å². The summed E-state index contributed by atoms with van der Waals surface area (Å²) in [6.07, 6.45) is 1.68. The maximum Gasteiger partial charge on any atom is 0.418 e. The van der Waals surface area contributed by atoms with Crippen LogP contribution >= 0.6 is 0 Å². The number of nitrogens with zero attached hydrogens (tertiary/aromatic N) is 4. The van der Waals surface area contributed by atoms with Gasteiger partial charge in [-0.25, -0.2) is 4.79 Å². The van der Waals surface area contributed by atoms with Crippen LogP contribution in [-0.4, -0.2) is 64.3 Å². The van der Waals surface area contributed by atoms with Gasteiger partial charge in [0.15, 0.2) is 0 Å². The van der Waals surface area contributed by atoms with E-state index in [1.165, 1.54) is 4.90 Å². The SMILES string of the molecule is N[C@H]1CN[C@H](c2nnc(C3CCC4CN3C(=O)N4OS(=O)(=O)O)o2)C1. The molecule has 13 heteroatoms. The first kappa shape index (κ1) is 16.7. The Morgan fingerprint density at radius 3 is 2.76 bits per heavy atom. The van der Waals surface area contributed by atoms with Crippen LogP contribution in [0, 0.1) is 0 Å². The average Bonchev–Trinajstić information content (AvgIpc) is 3.23. The van der Waals surface area contributed by atoms with Gasteiger partial charge in [-0.2, -0.15) is 13.5 Å². The van der Waals surface area contributed by atoms with Gasteiger partial charge in [-0.15, -0.1) is 14.5 Å². The molecular formula is C12H18N6O6S. The first-order valence-corrected chi connectivity index (χ1v) is 9.27. The standard InChI is InChI=1S/C12H18N6O6S/c13-6-3-8(14-4-6)10-15-16-11(23-10)9-2-1-7-5-17(9)12(19)18(7)24-25(20,21)22/h6-9,14H,1-5,13H2,(H,20,21,22)/t6-,7?,8+,9?/m1/s1. The molecule has 25 heavy (non-hydrogen) atoms. The molecule has 1 aromatic heterocycles. The predicted molar refractivity (Wildman–Crippen MR) is 80.0 cm³/mol. The lowest BCUT2D eigenvalue weighted by atomic mass is 10.0. The van der Waals surface area contributed by atoms with Gasteiger partial charge < -0.3 is 20.4 Å². The van der Waals surface area contributed by atoms with E-state index in [1.807, 2.05) is 0 Å². The molecular weight excluding hydrogens is 356 g/mol. The summed E-state index contributed by atoms with van der Waals surface area (Å²) in [5.41, 5.74) is 5.85. The van der Waals surface area contributed by atoms with Crippen LogP contribution in [0.2, 0.25) is 0 Å². The van der Waals surface area contributed by atoms with Crippen molar-refractivity contribution in [2.45, 2.75) is 43.4 Å². The number of urea groups is 1. The van der Waals surface area contributed by atoms with E-state index < -0.39 is 28.5 Å². The van der Waals surface area contributed by atoms with Crippen LogP contribution in [0.25, 0.3) is 0 Å². The molecule has 0 aliphatic carbocycles. The van der Waals surface area contributed by atoms with E-state index in [0.717, 1.165) is 0 Å². The van der Waals surface area contributed by atoms with Gasteiger partial charge in [0.1, 0.15) is 6.04 Å². The Bertz CT molecular complexity index is 783. The molecule has 4 N–H and O–H groups in total. The molecule has 0 radical (unpaired) electrons. The topological polar surface area (TPSA) is 164 Å². The number of carbonyl (C=O) groups excluding carboxylic acids is 1. The van der Waals surface area contributed by atoms with Crippen molar-refractivity contribution in [3.05, 3.63) is 11.8 Å². The van der Waals surface area contributed by atoms with E-state index in [2.05, 4.69) is 19.8 Å². The van der Waals surface area contributed by atoms with E-state index >= 15 is 0 Å². The van der Waals surface area contributed by atoms with Gasteiger partial charge in [-0.3, -0.25) is 4.55 Å². The largest absolute Gasteiger partial charge is 0.421 e. The highest BCUT2D eigenvalue weighted by molar-refractivity contribution is 7.80. The molecule has 1 aromatic rings. The Hall–Kier alpha value is -1.80. The maximum atomic E-state index is 12.4.